The summed E-state index contributed by atoms with van der Waals surface area (Å²) in [5.74, 6) is 0.673. The molecular weight excluding hydrogens is 222 g/mol. The Hall–Kier alpha value is -2.35. The number of aryl methyl sites for hydroxylation is 1. The number of rotatable bonds is 2. The van der Waals surface area contributed by atoms with Crippen molar-refractivity contribution in [3.63, 3.8) is 0 Å². The zero-order valence-electron chi connectivity index (χ0n) is 10.1. The molecule has 0 radical (unpaired) electrons. The number of hydrogen-bond acceptors (Lipinski definition) is 2. The molecule has 0 saturated heterocycles. The molecule has 0 fully saturated rings. The van der Waals surface area contributed by atoms with Crippen molar-refractivity contribution in [3.8, 4) is 22.7 Å². The molecule has 0 aliphatic heterocycles. The van der Waals surface area contributed by atoms with Gasteiger partial charge in [0.05, 0.1) is 0 Å². The van der Waals surface area contributed by atoms with Gasteiger partial charge >= 0.3 is 0 Å². The molecule has 3 aromatic rings. The van der Waals surface area contributed by atoms with E-state index >= 15 is 0 Å². The lowest BCUT2D eigenvalue weighted by molar-refractivity contribution is 0.574. The Labute approximate surface area is 106 Å². The molecule has 0 unspecified atom stereocenters. The van der Waals surface area contributed by atoms with Gasteiger partial charge in [-0.2, -0.15) is 0 Å². The molecule has 0 atom stereocenters. The number of oxazole rings is 1. The molecule has 0 spiro atoms. The summed E-state index contributed by atoms with van der Waals surface area (Å²) in [6.45, 7) is 2.06. The van der Waals surface area contributed by atoms with Gasteiger partial charge in [0.25, 0.3) is 0 Å². The van der Waals surface area contributed by atoms with E-state index in [1.54, 1.807) is 6.26 Å². The van der Waals surface area contributed by atoms with E-state index in [2.05, 4.69) is 18.0 Å². The van der Waals surface area contributed by atoms with Gasteiger partial charge in [-0.3, -0.25) is 0 Å². The molecule has 2 nitrogen and oxygen atoms in total. The molecular formula is C16H13NO. The zero-order chi connectivity index (χ0) is 12.4. The Kier molecular flexibility index (Phi) is 2.69. The summed E-state index contributed by atoms with van der Waals surface area (Å²) in [5.41, 5.74) is 4.15. The lowest BCUT2D eigenvalue weighted by Gasteiger charge is -1.99. The highest BCUT2D eigenvalue weighted by Crippen LogP contribution is 2.26. The predicted molar refractivity (Wildman–Crippen MR) is 72.1 cm³/mol. The maximum absolute atomic E-state index is 5.57. The lowest BCUT2D eigenvalue weighted by Crippen LogP contribution is -1.83. The van der Waals surface area contributed by atoms with Gasteiger partial charge in [0.2, 0.25) is 5.89 Å². The van der Waals surface area contributed by atoms with Crippen LogP contribution in [-0.2, 0) is 0 Å². The highest BCUT2D eigenvalue weighted by Gasteiger charge is 2.09. The third-order valence-corrected chi connectivity index (χ3v) is 2.95. The van der Waals surface area contributed by atoms with E-state index in [9.17, 15) is 0 Å². The quantitative estimate of drug-likeness (QED) is 0.661. The number of hydrogen-bond donors (Lipinski definition) is 0. The first kappa shape index (κ1) is 10.8. The summed E-state index contributed by atoms with van der Waals surface area (Å²) < 4.78 is 5.57. The second kappa shape index (κ2) is 4.49. The van der Waals surface area contributed by atoms with Crippen LogP contribution in [0.15, 0.2) is 65.3 Å². The molecule has 0 N–H and O–H groups in total. The average Bonchev–Trinajstić information content (AvgIpc) is 2.90. The van der Waals surface area contributed by atoms with Gasteiger partial charge in [-0.15, -0.1) is 0 Å². The van der Waals surface area contributed by atoms with Crippen LogP contribution in [0.25, 0.3) is 22.7 Å². The van der Waals surface area contributed by atoms with Crippen LogP contribution in [0, 0.1) is 6.92 Å². The standard InChI is InChI=1S/C16H13NO/c1-12-7-5-6-10-14(12)16-17-15(11-18-16)13-8-3-2-4-9-13/h2-11H,1H3. The third kappa shape index (κ3) is 1.93. The molecule has 1 heterocycles. The van der Waals surface area contributed by atoms with Crippen molar-refractivity contribution in [2.75, 3.05) is 0 Å². The highest BCUT2D eigenvalue weighted by atomic mass is 16.3. The SMILES string of the molecule is Cc1ccccc1-c1nc(-c2ccccc2)co1. The highest BCUT2D eigenvalue weighted by molar-refractivity contribution is 5.64. The molecule has 0 amide bonds. The number of benzene rings is 2. The van der Waals surface area contributed by atoms with E-state index < -0.39 is 0 Å². The second-order valence-electron chi connectivity index (χ2n) is 4.22. The van der Waals surface area contributed by atoms with E-state index in [4.69, 9.17) is 4.42 Å². The first-order chi connectivity index (χ1) is 8.84. The first-order valence-corrected chi connectivity index (χ1v) is 5.91. The topological polar surface area (TPSA) is 26.0 Å². The summed E-state index contributed by atoms with van der Waals surface area (Å²) in [4.78, 5) is 4.54. The Balaban J connectivity index is 2.03. The monoisotopic (exact) mass is 235 g/mol. The molecule has 1 aromatic heterocycles. The minimum atomic E-state index is 0.673. The minimum Gasteiger partial charge on any atom is -0.444 e. The molecule has 2 heteroatoms. The first-order valence-electron chi connectivity index (χ1n) is 5.91. The molecule has 0 bridgehead atoms. The summed E-state index contributed by atoms with van der Waals surface area (Å²) >= 11 is 0. The molecule has 88 valence electrons. The van der Waals surface area contributed by atoms with E-state index in [0.717, 1.165) is 16.8 Å². The van der Waals surface area contributed by atoms with Gasteiger partial charge < -0.3 is 4.42 Å². The van der Waals surface area contributed by atoms with Crippen LogP contribution in [0.2, 0.25) is 0 Å². The Morgan fingerprint density at radius 3 is 2.39 bits per heavy atom. The average molecular weight is 235 g/mol. The predicted octanol–water partition coefficient (Wildman–Crippen LogP) is 4.32. The maximum atomic E-state index is 5.57. The van der Waals surface area contributed by atoms with Crippen LogP contribution in [0.3, 0.4) is 0 Å². The Morgan fingerprint density at radius 1 is 0.889 bits per heavy atom. The molecule has 0 aliphatic rings. The summed E-state index contributed by atoms with van der Waals surface area (Å²) in [6, 6.07) is 18.1. The van der Waals surface area contributed by atoms with Crippen molar-refractivity contribution in [1.29, 1.82) is 0 Å². The summed E-state index contributed by atoms with van der Waals surface area (Å²) in [6.07, 6.45) is 1.71. The lowest BCUT2D eigenvalue weighted by atomic mass is 10.1. The van der Waals surface area contributed by atoms with Crippen molar-refractivity contribution in [2.45, 2.75) is 6.92 Å². The van der Waals surface area contributed by atoms with Gasteiger partial charge in [-0.25, -0.2) is 4.98 Å². The largest absolute Gasteiger partial charge is 0.444 e. The third-order valence-electron chi connectivity index (χ3n) is 2.95. The second-order valence-corrected chi connectivity index (χ2v) is 4.22. The van der Waals surface area contributed by atoms with E-state index in [1.807, 2.05) is 48.5 Å². The smallest absolute Gasteiger partial charge is 0.226 e. The Bertz CT molecular complexity index is 656. The molecule has 2 aromatic carbocycles. The number of aromatic nitrogens is 1. The van der Waals surface area contributed by atoms with E-state index in [-0.39, 0.29) is 0 Å². The van der Waals surface area contributed by atoms with Crippen molar-refractivity contribution in [3.05, 3.63) is 66.4 Å². The zero-order valence-corrected chi connectivity index (χ0v) is 10.1. The molecule has 0 aliphatic carbocycles. The summed E-state index contributed by atoms with van der Waals surface area (Å²) in [5, 5.41) is 0. The molecule has 3 rings (SSSR count). The summed E-state index contributed by atoms with van der Waals surface area (Å²) in [7, 11) is 0. The van der Waals surface area contributed by atoms with Gasteiger partial charge in [-0.05, 0) is 18.6 Å². The van der Waals surface area contributed by atoms with E-state index in [1.165, 1.54) is 5.56 Å². The van der Waals surface area contributed by atoms with Crippen LogP contribution in [0.5, 0.6) is 0 Å². The van der Waals surface area contributed by atoms with Crippen LogP contribution in [0.4, 0.5) is 0 Å². The maximum Gasteiger partial charge on any atom is 0.226 e. The van der Waals surface area contributed by atoms with Crippen LogP contribution < -0.4 is 0 Å². The fraction of sp³-hybridized carbons (Fsp3) is 0.0625. The minimum absolute atomic E-state index is 0.673. The van der Waals surface area contributed by atoms with Crippen molar-refractivity contribution >= 4 is 0 Å². The van der Waals surface area contributed by atoms with Gasteiger partial charge in [0.15, 0.2) is 0 Å². The van der Waals surface area contributed by atoms with Crippen LogP contribution in [0.1, 0.15) is 5.56 Å². The van der Waals surface area contributed by atoms with Gasteiger partial charge in [-0.1, -0.05) is 48.5 Å². The van der Waals surface area contributed by atoms with E-state index in [0.29, 0.717) is 5.89 Å². The number of nitrogens with zero attached hydrogens (tertiary/aromatic N) is 1. The fourth-order valence-corrected chi connectivity index (χ4v) is 1.95. The molecule has 0 saturated carbocycles. The van der Waals surface area contributed by atoms with Crippen molar-refractivity contribution in [1.82, 2.24) is 4.98 Å². The van der Waals surface area contributed by atoms with Crippen LogP contribution >= 0.6 is 0 Å². The van der Waals surface area contributed by atoms with Gasteiger partial charge in [0, 0.05) is 11.1 Å². The fourth-order valence-electron chi connectivity index (χ4n) is 1.95. The van der Waals surface area contributed by atoms with Crippen molar-refractivity contribution in [2.24, 2.45) is 0 Å². The van der Waals surface area contributed by atoms with Crippen molar-refractivity contribution < 1.29 is 4.42 Å². The van der Waals surface area contributed by atoms with Crippen LogP contribution in [-0.4, -0.2) is 4.98 Å². The van der Waals surface area contributed by atoms with Gasteiger partial charge in [0.1, 0.15) is 12.0 Å². The molecule has 18 heavy (non-hydrogen) atoms. The normalized spacial score (nSPS) is 10.5. The Morgan fingerprint density at radius 2 is 1.61 bits per heavy atom.